The molecule has 0 atom stereocenters. The summed E-state index contributed by atoms with van der Waals surface area (Å²) in [6, 6.07) is 14.5. The van der Waals surface area contributed by atoms with Gasteiger partial charge in [0.25, 0.3) is 5.91 Å². The molecule has 1 aromatic heterocycles. The molecule has 1 amide bonds. The average Bonchev–Trinajstić information content (AvgIpc) is 2.72. The van der Waals surface area contributed by atoms with Gasteiger partial charge >= 0.3 is 0 Å². The van der Waals surface area contributed by atoms with Crippen molar-refractivity contribution in [1.29, 1.82) is 0 Å². The van der Waals surface area contributed by atoms with Gasteiger partial charge in [-0.2, -0.15) is 0 Å². The Morgan fingerprint density at radius 3 is 2.67 bits per heavy atom. The van der Waals surface area contributed by atoms with Crippen LogP contribution in [0.4, 0.5) is 5.69 Å². The number of unbranched alkanes of at least 4 members (excludes halogenated alkanes) is 2. The maximum absolute atomic E-state index is 12.8. The summed E-state index contributed by atoms with van der Waals surface area (Å²) in [4.78, 5) is 19.1. The first-order chi connectivity index (χ1) is 13.3. The van der Waals surface area contributed by atoms with Crippen LogP contribution < -0.4 is 5.32 Å². The van der Waals surface area contributed by atoms with Crippen molar-refractivity contribution in [2.24, 2.45) is 5.92 Å². The number of amides is 1. The lowest BCUT2D eigenvalue weighted by molar-refractivity contribution is 0.0684. The standard InChI is InChI=1S/C23H31N3O/c1-2-3-7-13-24-21-10-14-25-22(18-21)23(27)26-15-11-20(12-16-26)17-19-8-5-4-6-9-19/h4-6,8-10,14,18,20H,2-3,7,11-13,15-17H2,1H3,(H,24,25). The third kappa shape index (κ3) is 5.81. The van der Waals surface area contributed by atoms with Crippen molar-refractivity contribution in [3.8, 4) is 0 Å². The van der Waals surface area contributed by atoms with Gasteiger partial charge < -0.3 is 10.2 Å². The first-order valence-electron chi connectivity index (χ1n) is 10.3. The number of carbonyl (C=O) groups is 1. The van der Waals surface area contributed by atoms with E-state index in [0.717, 1.165) is 51.0 Å². The summed E-state index contributed by atoms with van der Waals surface area (Å²) < 4.78 is 0. The molecule has 1 aliphatic heterocycles. The van der Waals surface area contributed by atoms with Crippen LogP contribution >= 0.6 is 0 Å². The molecular weight excluding hydrogens is 334 g/mol. The molecule has 4 nitrogen and oxygen atoms in total. The fourth-order valence-corrected chi connectivity index (χ4v) is 3.71. The fraction of sp³-hybridized carbons (Fsp3) is 0.478. The Kier molecular flexibility index (Phi) is 7.26. The lowest BCUT2D eigenvalue weighted by Crippen LogP contribution is -2.39. The highest BCUT2D eigenvalue weighted by molar-refractivity contribution is 5.93. The van der Waals surface area contributed by atoms with Gasteiger partial charge in [-0.1, -0.05) is 50.1 Å². The Morgan fingerprint density at radius 1 is 1.15 bits per heavy atom. The van der Waals surface area contributed by atoms with Gasteiger partial charge in [-0.25, -0.2) is 0 Å². The molecule has 0 radical (unpaired) electrons. The predicted molar refractivity (Wildman–Crippen MR) is 111 cm³/mol. The first-order valence-corrected chi connectivity index (χ1v) is 10.3. The molecule has 1 fully saturated rings. The van der Waals surface area contributed by atoms with E-state index in [4.69, 9.17) is 0 Å². The van der Waals surface area contributed by atoms with Crippen LogP contribution in [0.2, 0.25) is 0 Å². The van der Waals surface area contributed by atoms with Gasteiger partial charge in [-0.15, -0.1) is 0 Å². The minimum Gasteiger partial charge on any atom is -0.385 e. The summed E-state index contributed by atoms with van der Waals surface area (Å²) >= 11 is 0. The average molecular weight is 366 g/mol. The Morgan fingerprint density at radius 2 is 1.93 bits per heavy atom. The van der Waals surface area contributed by atoms with Crippen molar-refractivity contribution in [2.45, 2.75) is 45.4 Å². The molecule has 1 aromatic carbocycles. The molecule has 3 rings (SSSR count). The second-order valence-corrected chi connectivity index (χ2v) is 7.49. The van der Waals surface area contributed by atoms with Crippen molar-refractivity contribution in [1.82, 2.24) is 9.88 Å². The molecule has 0 spiro atoms. The Bertz CT molecular complexity index is 709. The number of aromatic nitrogens is 1. The topological polar surface area (TPSA) is 45.2 Å². The van der Waals surface area contributed by atoms with E-state index >= 15 is 0 Å². The van der Waals surface area contributed by atoms with Crippen LogP contribution in [0, 0.1) is 5.92 Å². The minimum absolute atomic E-state index is 0.0605. The SMILES string of the molecule is CCCCCNc1ccnc(C(=O)N2CCC(Cc3ccccc3)CC2)c1. The third-order valence-electron chi connectivity index (χ3n) is 5.36. The lowest BCUT2D eigenvalue weighted by Gasteiger charge is -2.32. The third-order valence-corrected chi connectivity index (χ3v) is 5.36. The van der Waals surface area contributed by atoms with Crippen molar-refractivity contribution in [3.63, 3.8) is 0 Å². The maximum atomic E-state index is 12.8. The number of rotatable bonds is 8. The number of nitrogens with one attached hydrogen (secondary N) is 1. The van der Waals surface area contributed by atoms with E-state index in [1.807, 2.05) is 17.0 Å². The summed E-state index contributed by atoms with van der Waals surface area (Å²) in [6.07, 6.45) is 8.56. The zero-order valence-electron chi connectivity index (χ0n) is 16.4. The van der Waals surface area contributed by atoms with Crippen LogP contribution in [0.3, 0.4) is 0 Å². The van der Waals surface area contributed by atoms with Crippen LogP contribution in [0.5, 0.6) is 0 Å². The minimum atomic E-state index is 0.0605. The van der Waals surface area contributed by atoms with E-state index in [-0.39, 0.29) is 5.91 Å². The predicted octanol–water partition coefficient (Wildman–Crippen LogP) is 4.78. The van der Waals surface area contributed by atoms with Gasteiger partial charge in [-0.05, 0) is 49.3 Å². The number of likely N-dealkylation sites (tertiary alicyclic amines) is 1. The van der Waals surface area contributed by atoms with Gasteiger partial charge in [-0.3, -0.25) is 9.78 Å². The summed E-state index contributed by atoms with van der Waals surface area (Å²) in [6.45, 7) is 4.79. The molecule has 2 aromatic rings. The second-order valence-electron chi connectivity index (χ2n) is 7.49. The smallest absolute Gasteiger partial charge is 0.272 e. The summed E-state index contributed by atoms with van der Waals surface area (Å²) in [5, 5.41) is 3.40. The van der Waals surface area contributed by atoms with Crippen LogP contribution in [0.25, 0.3) is 0 Å². The zero-order valence-corrected chi connectivity index (χ0v) is 16.4. The van der Waals surface area contributed by atoms with E-state index in [9.17, 15) is 4.79 Å². The molecule has 4 heteroatoms. The van der Waals surface area contributed by atoms with Crippen LogP contribution in [0.15, 0.2) is 48.7 Å². The number of piperidine rings is 1. The molecule has 2 heterocycles. The number of pyridine rings is 1. The highest BCUT2D eigenvalue weighted by Crippen LogP contribution is 2.23. The van der Waals surface area contributed by atoms with Crippen LogP contribution in [0.1, 0.15) is 55.1 Å². The van der Waals surface area contributed by atoms with Crippen LogP contribution in [-0.2, 0) is 6.42 Å². The zero-order chi connectivity index (χ0) is 18.9. The lowest BCUT2D eigenvalue weighted by atomic mass is 9.90. The Balaban J connectivity index is 1.50. The number of nitrogens with zero attached hydrogens (tertiary/aromatic N) is 2. The molecule has 1 N–H and O–H groups in total. The summed E-state index contributed by atoms with van der Waals surface area (Å²) in [5.41, 5.74) is 2.94. The second kappa shape index (κ2) is 10.1. The van der Waals surface area contributed by atoms with Crippen molar-refractivity contribution in [2.75, 3.05) is 25.0 Å². The van der Waals surface area contributed by atoms with Crippen molar-refractivity contribution >= 4 is 11.6 Å². The number of hydrogen-bond donors (Lipinski definition) is 1. The monoisotopic (exact) mass is 365 g/mol. The van der Waals surface area contributed by atoms with Gasteiger partial charge in [0.15, 0.2) is 0 Å². The maximum Gasteiger partial charge on any atom is 0.272 e. The number of carbonyl (C=O) groups excluding carboxylic acids is 1. The van der Waals surface area contributed by atoms with E-state index < -0.39 is 0 Å². The summed E-state index contributed by atoms with van der Waals surface area (Å²) in [5.74, 6) is 0.723. The fourth-order valence-electron chi connectivity index (χ4n) is 3.71. The normalized spacial score (nSPS) is 14.9. The molecule has 0 aliphatic carbocycles. The highest BCUT2D eigenvalue weighted by Gasteiger charge is 2.24. The Hall–Kier alpha value is -2.36. The van der Waals surface area contributed by atoms with Gasteiger partial charge in [0.05, 0.1) is 0 Å². The van der Waals surface area contributed by atoms with E-state index in [2.05, 4.69) is 47.6 Å². The molecule has 1 aliphatic rings. The number of anilines is 1. The van der Waals surface area contributed by atoms with Gasteiger partial charge in [0.1, 0.15) is 5.69 Å². The largest absolute Gasteiger partial charge is 0.385 e. The van der Waals surface area contributed by atoms with Crippen molar-refractivity contribution in [3.05, 3.63) is 59.9 Å². The molecule has 144 valence electrons. The number of hydrogen-bond acceptors (Lipinski definition) is 3. The van der Waals surface area contributed by atoms with E-state index in [1.165, 1.54) is 18.4 Å². The molecular formula is C23H31N3O. The van der Waals surface area contributed by atoms with E-state index in [1.54, 1.807) is 6.20 Å². The summed E-state index contributed by atoms with van der Waals surface area (Å²) in [7, 11) is 0. The Labute approximate surface area is 163 Å². The molecule has 27 heavy (non-hydrogen) atoms. The van der Waals surface area contributed by atoms with Gasteiger partial charge in [0, 0.05) is 31.5 Å². The molecule has 0 bridgehead atoms. The highest BCUT2D eigenvalue weighted by atomic mass is 16.2. The van der Waals surface area contributed by atoms with Crippen LogP contribution in [-0.4, -0.2) is 35.4 Å². The van der Waals surface area contributed by atoms with Crippen molar-refractivity contribution < 1.29 is 4.79 Å². The number of benzene rings is 1. The quantitative estimate of drug-likeness (QED) is 0.685. The molecule has 0 unspecified atom stereocenters. The molecule has 1 saturated heterocycles. The first kappa shape index (κ1) is 19.4. The van der Waals surface area contributed by atoms with Gasteiger partial charge in [0.2, 0.25) is 0 Å². The van der Waals surface area contributed by atoms with E-state index in [0.29, 0.717) is 11.6 Å². The molecule has 0 saturated carbocycles.